The van der Waals surface area contributed by atoms with Gasteiger partial charge in [0.25, 0.3) is 0 Å². The number of hydrogen-bond acceptors (Lipinski definition) is 2. The van der Waals surface area contributed by atoms with Crippen LogP contribution in [0.4, 0.5) is 4.79 Å². The van der Waals surface area contributed by atoms with E-state index < -0.39 is 0 Å². The zero-order valence-electron chi connectivity index (χ0n) is 8.63. The molecule has 1 fully saturated rings. The van der Waals surface area contributed by atoms with Gasteiger partial charge in [-0.05, 0) is 20.8 Å². The zero-order valence-corrected chi connectivity index (χ0v) is 8.63. The largest absolute Gasteiger partial charge is 0.447 e. The van der Waals surface area contributed by atoms with Gasteiger partial charge in [0, 0.05) is 6.04 Å². The minimum absolute atomic E-state index is 0.178. The van der Waals surface area contributed by atoms with Gasteiger partial charge in [-0.3, -0.25) is 4.90 Å². The van der Waals surface area contributed by atoms with Crippen LogP contribution in [-0.4, -0.2) is 29.7 Å². The lowest BCUT2D eigenvalue weighted by Crippen LogP contribution is -2.37. The Morgan fingerprint density at radius 2 is 2.00 bits per heavy atom. The molecule has 3 nitrogen and oxygen atoms in total. The number of hydrogen-bond donors (Lipinski definition) is 0. The predicted molar refractivity (Wildman–Crippen MR) is 49.1 cm³/mol. The Balaban J connectivity index is 0.000000561. The Bertz CT molecular complexity index is 145. The highest BCUT2D eigenvalue weighted by Crippen LogP contribution is 2.14. The summed E-state index contributed by atoms with van der Waals surface area (Å²) in [6.45, 7) is 10.5. The molecule has 0 spiro atoms. The molecule has 1 aliphatic heterocycles. The number of carbonyl (C=O) groups excluding carboxylic acids is 1. The third kappa shape index (κ3) is 2.40. The van der Waals surface area contributed by atoms with Gasteiger partial charge in [-0.2, -0.15) is 0 Å². The molecular weight excluding hydrogens is 154 g/mol. The summed E-state index contributed by atoms with van der Waals surface area (Å²) in [7, 11) is 0. The van der Waals surface area contributed by atoms with Crippen LogP contribution in [-0.2, 0) is 4.74 Å². The first-order chi connectivity index (χ1) is 5.63. The first-order valence-corrected chi connectivity index (χ1v) is 4.58. The van der Waals surface area contributed by atoms with Gasteiger partial charge >= 0.3 is 6.09 Å². The van der Waals surface area contributed by atoms with Gasteiger partial charge in [0.2, 0.25) is 0 Å². The molecule has 1 saturated heterocycles. The average Bonchev–Trinajstić information content (AvgIpc) is 2.35. The monoisotopic (exact) mass is 173 g/mol. The van der Waals surface area contributed by atoms with E-state index in [-0.39, 0.29) is 18.2 Å². The number of ether oxygens (including phenoxy) is 1. The maximum absolute atomic E-state index is 10.9. The van der Waals surface area contributed by atoms with Crippen LogP contribution in [0.1, 0.15) is 34.6 Å². The lowest BCUT2D eigenvalue weighted by atomic mass is 10.2. The van der Waals surface area contributed by atoms with Crippen molar-refractivity contribution in [2.75, 3.05) is 6.61 Å². The molecule has 12 heavy (non-hydrogen) atoms. The Kier molecular flexibility index (Phi) is 4.71. The van der Waals surface area contributed by atoms with Crippen LogP contribution in [0.15, 0.2) is 0 Å². The Labute approximate surface area is 74.7 Å². The quantitative estimate of drug-likeness (QED) is 0.608. The third-order valence-corrected chi connectivity index (χ3v) is 1.69. The van der Waals surface area contributed by atoms with Crippen molar-refractivity contribution in [1.29, 1.82) is 0 Å². The summed E-state index contributed by atoms with van der Waals surface area (Å²) in [6.07, 6.45) is -0.178. The number of amides is 1. The molecule has 0 radical (unpaired) electrons. The Morgan fingerprint density at radius 1 is 1.50 bits per heavy atom. The molecular formula is C9H19NO2. The predicted octanol–water partition coefficient (Wildman–Crippen LogP) is 2.26. The third-order valence-electron chi connectivity index (χ3n) is 1.69. The minimum atomic E-state index is -0.178. The zero-order chi connectivity index (χ0) is 9.72. The fourth-order valence-electron chi connectivity index (χ4n) is 1.25. The summed E-state index contributed by atoms with van der Waals surface area (Å²) in [5, 5.41) is 0. The van der Waals surface area contributed by atoms with Crippen molar-refractivity contribution in [3.05, 3.63) is 0 Å². The molecule has 1 amide bonds. The van der Waals surface area contributed by atoms with E-state index in [0.29, 0.717) is 6.61 Å². The minimum Gasteiger partial charge on any atom is -0.447 e. The van der Waals surface area contributed by atoms with Crippen LogP contribution in [0.2, 0.25) is 0 Å². The molecule has 1 atom stereocenters. The number of nitrogens with zero attached hydrogens (tertiary/aromatic N) is 1. The van der Waals surface area contributed by atoms with Crippen molar-refractivity contribution in [3.63, 3.8) is 0 Å². The van der Waals surface area contributed by atoms with Crippen LogP contribution in [0.5, 0.6) is 0 Å². The SMILES string of the molecule is CC.CC(C)N1C(=O)OC[C@@H]1C. The molecule has 1 rings (SSSR count). The van der Waals surface area contributed by atoms with Crippen LogP contribution >= 0.6 is 0 Å². The molecule has 0 aromatic heterocycles. The summed E-state index contributed by atoms with van der Waals surface area (Å²) >= 11 is 0. The van der Waals surface area contributed by atoms with Crippen LogP contribution in [0, 0.1) is 0 Å². The van der Waals surface area contributed by atoms with Gasteiger partial charge in [0.05, 0.1) is 6.04 Å². The number of carbonyl (C=O) groups is 1. The van der Waals surface area contributed by atoms with Gasteiger partial charge < -0.3 is 4.74 Å². The molecule has 0 saturated carbocycles. The highest BCUT2D eigenvalue weighted by atomic mass is 16.6. The first kappa shape index (κ1) is 11.3. The molecule has 0 bridgehead atoms. The van der Waals surface area contributed by atoms with E-state index >= 15 is 0 Å². The second kappa shape index (κ2) is 5.01. The van der Waals surface area contributed by atoms with E-state index in [1.165, 1.54) is 0 Å². The maximum atomic E-state index is 10.9. The summed E-state index contributed by atoms with van der Waals surface area (Å²) < 4.78 is 4.83. The Morgan fingerprint density at radius 3 is 2.17 bits per heavy atom. The van der Waals surface area contributed by atoms with Crippen molar-refractivity contribution in [1.82, 2.24) is 4.90 Å². The first-order valence-electron chi connectivity index (χ1n) is 4.58. The Hall–Kier alpha value is -0.730. The maximum Gasteiger partial charge on any atom is 0.410 e. The van der Waals surface area contributed by atoms with Crippen molar-refractivity contribution < 1.29 is 9.53 Å². The van der Waals surface area contributed by atoms with Crippen LogP contribution < -0.4 is 0 Å². The number of rotatable bonds is 1. The van der Waals surface area contributed by atoms with E-state index in [1.54, 1.807) is 4.90 Å². The van der Waals surface area contributed by atoms with Crippen molar-refractivity contribution in [2.45, 2.75) is 46.7 Å². The molecule has 0 aromatic rings. The molecule has 1 heterocycles. The number of cyclic esters (lactones) is 1. The fourth-order valence-corrected chi connectivity index (χ4v) is 1.25. The molecule has 72 valence electrons. The topological polar surface area (TPSA) is 29.5 Å². The van der Waals surface area contributed by atoms with Gasteiger partial charge in [-0.1, -0.05) is 13.8 Å². The highest BCUT2D eigenvalue weighted by Gasteiger charge is 2.30. The van der Waals surface area contributed by atoms with E-state index in [2.05, 4.69) is 0 Å². The second-order valence-corrected chi connectivity index (χ2v) is 2.93. The van der Waals surface area contributed by atoms with Gasteiger partial charge in [0.15, 0.2) is 0 Å². The highest BCUT2D eigenvalue weighted by molar-refractivity contribution is 5.70. The van der Waals surface area contributed by atoms with E-state index in [1.807, 2.05) is 34.6 Å². The molecule has 0 aromatic carbocycles. The summed E-state index contributed by atoms with van der Waals surface area (Å²) in [5.74, 6) is 0. The second-order valence-electron chi connectivity index (χ2n) is 2.93. The lowest BCUT2D eigenvalue weighted by molar-refractivity contribution is 0.150. The van der Waals surface area contributed by atoms with Gasteiger partial charge in [0.1, 0.15) is 6.61 Å². The van der Waals surface area contributed by atoms with Crippen LogP contribution in [0.3, 0.4) is 0 Å². The van der Waals surface area contributed by atoms with E-state index in [4.69, 9.17) is 4.74 Å². The lowest BCUT2D eigenvalue weighted by Gasteiger charge is -2.21. The van der Waals surface area contributed by atoms with Crippen molar-refractivity contribution >= 4 is 6.09 Å². The summed E-state index contributed by atoms with van der Waals surface area (Å²) in [4.78, 5) is 12.7. The average molecular weight is 173 g/mol. The smallest absolute Gasteiger partial charge is 0.410 e. The van der Waals surface area contributed by atoms with Gasteiger partial charge in [-0.15, -0.1) is 0 Å². The summed E-state index contributed by atoms with van der Waals surface area (Å²) in [5.41, 5.74) is 0. The molecule has 0 unspecified atom stereocenters. The van der Waals surface area contributed by atoms with Gasteiger partial charge in [-0.25, -0.2) is 4.79 Å². The van der Waals surface area contributed by atoms with E-state index in [0.717, 1.165) is 0 Å². The normalized spacial score (nSPS) is 22.0. The van der Waals surface area contributed by atoms with Crippen molar-refractivity contribution in [2.24, 2.45) is 0 Å². The molecule has 3 heteroatoms. The molecule has 0 N–H and O–H groups in total. The fraction of sp³-hybridized carbons (Fsp3) is 0.889. The van der Waals surface area contributed by atoms with Crippen molar-refractivity contribution in [3.8, 4) is 0 Å². The van der Waals surface area contributed by atoms with Crippen LogP contribution in [0.25, 0.3) is 0 Å². The van der Waals surface area contributed by atoms with E-state index in [9.17, 15) is 4.79 Å². The molecule has 1 aliphatic rings. The molecule has 0 aliphatic carbocycles. The summed E-state index contributed by atoms with van der Waals surface area (Å²) in [6, 6.07) is 0.498. The standard InChI is InChI=1S/C7H13NO2.C2H6/c1-5(2)8-6(3)4-10-7(8)9;1-2/h5-6H,4H2,1-3H3;1-2H3/t6-;/m0./s1.